The van der Waals surface area contributed by atoms with Gasteiger partial charge in [-0.1, -0.05) is 30.3 Å². The first-order valence-electron chi connectivity index (χ1n) is 7.66. The normalized spacial score (nSPS) is 15.7. The van der Waals surface area contributed by atoms with Gasteiger partial charge in [-0.3, -0.25) is 0 Å². The molecule has 1 heterocycles. The Balaban J connectivity index is 2.37. The molecule has 25 heavy (non-hydrogen) atoms. The molecule has 0 bridgehead atoms. The molecule has 0 N–H and O–H groups in total. The molecule has 0 atom stereocenters. The number of allylic oxidation sites excluding steroid dienone is 1. The smallest absolute Gasteiger partial charge is 0.340 e. The van der Waals surface area contributed by atoms with E-state index in [9.17, 15) is 17.6 Å². The summed E-state index contributed by atoms with van der Waals surface area (Å²) in [5, 5.41) is 0. The first-order chi connectivity index (χ1) is 11.9. The van der Waals surface area contributed by atoms with Crippen molar-refractivity contribution in [3.05, 3.63) is 65.6 Å². The van der Waals surface area contributed by atoms with Crippen molar-refractivity contribution >= 4 is 27.3 Å². The molecule has 0 amide bonds. The molecule has 0 aromatic heterocycles. The third-order valence-electron chi connectivity index (χ3n) is 3.87. The summed E-state index contributed by atoms with van der Waals surface area (Å²) in [7, 11) is -4.20. The number of esters is 1. The van der Waals surface area contributed by atoms with Crippen LogP contribution >= 0.6 is 0 Å². The number of sulfonamides is 1. The maximum atomic E-state index is 14.4. The van der Waals surface area contributed by atoms with Crippen molar-refractivity contribution in [3.63, 3.8) is 0 Å². The predicted octanol–water partition coefficient (Wildman–Crippen LogP) is 3.33. The topological polar surface area (TPSA) is 63.7 Å². The SMILES string of the molecule is CCOC(=O)C1=C(C)N(c2ccccc2)S(=O)(=O)c2c(F)cccc21. The summed E-state index contributed by atoms with van der Waals surface area (Å²) in [6.07, 6.45) is 0. The van der Waals surface area contributed by atoms with Gasteiger partial charge < -0.3 is 4.74 Å². The zero-order chi connectivity index (χ0) is 18.2. The van der Waals surface area contributed by atoms with Crippen molar-refractivity contribution in [2.24, 2.45) is 0 Å². The minimum atomic E-state index is -4.20. The number of benzene rings is 2. The Morgan fingerprint density at radius 2 is 1.80 bits per heavy atom. The van der Waals surface area contributed by atoms with Gasteiger partial charge in [0.15, 0.2) is 0 Å². The Bertz CT molecular complexity index is 968. The molecule has 0 saturated heterocycles. The second kappa shape index (κ2) is 6.33. The molecule has 0 saturated carbocycles. The van der Waals surface area contributed by atoms with E-state index in [1.807, 2.05) is 0 Å². The van der Waals surface area contributed by atoms with Gasteiger partial charge in [-0.15, -0.1) is 0 Å². The summed E-state index contributed by atoms with van der Waals surface area (Å²) in [5.41, 5.74) is 0.539. The molecule has 7 heteroatoms. The number of carbonyl (C=O) groups excluding carboxylic acids is 1. The van der Waals surface area contributed by atoms with Crippen molar-refractivity contribution in [1.29, 1.82) is 0 Å². The molecule has 0 fully saturated rings. The molecule has 0 aliphatic carbocycles. The lowest BCUT2D eigenvalue weighted by molar-refractivity contribution is -0.136. The molecule has 0 unspecified atom stereocenters. The molecule has 130 valence electrons. The zero-order valence-corrected chi connectivity index (χ0v) is 14.5. The molecule has 0 radical (unpaired) electrons. The fourth-order valence-corrected chi connectivity index (χ4v) is 4.69. The molecule has 1 aliphatic rings. The van der Waals surface area contributed by atoms with Gasteiger partial charge >= 0.3 is 5.97 Å². The third-order valence-corrected chi connectivity index (χ3v) is 5.77. The lowest BCUT2D eigenvalue weighted by Gasteiger charge is -2.32. The molecule has 2 aromatic rings. The van der Waals surface area contributed by atoms with Crippen LogP contribution in [0.2, 0.25) is 0 Å². The highest BCUT2D eigenvalue weighted by atomic mass is 32.2. The number of para-hydroxylation sites is 1. The van der Waals surface area contributed by atoms with Crippen molar-refractivity contribution < 1.29 is 22.3 Å². The lowest BCUT2D eigenvalue weighted by Crippen LogP contribution is -2.36. The van der Waals surface area contributed by atoms with Gasteiger partial charge in [-0.2, -0.15) is 0 Å². The van der Waals surface area contributed by atoms with Gasteiger partial charge in [0.2, 0.25) is 0 Å². The second-order valence-electron chi connectivity index (χ2n) is 5.40. The van der Waals surface area contributed by atoms with E-state index in [1.165, 1.54) is 19.1 Å². The standard InChI is InChI=1S/C18H16FNO4S/c1-3-24-18(21)16-12(2)20(13-8-5-4-6-9-13)25(22,23)17-14(16)10-7-11-15(17)19/h4-11H,3H2,1-2H3. The Hall–Kier alpha value is -2.67. The number of fused-ring (bicyclic) bond motifs is 1. The predicted molar refractivity (Wildman–Crippen MR) is 91.7 cm³/mol. The van der Waals surface area contributed by atoms with E-state index in [-0.39, 0.29) is 23.4 Å². The van der Waals surface area contributed by atoms with Gasteiger partial charge in [0, 0.05) is 11.3 Å². The van der Waals surface area contributed by atoms with Gasteiger partial charge in [-0.05, 0) is 32.0 Å². The van der Waals surface area contributed by atoms with Crippen LogP contribution in [-0.4, -0.2) is 21.0 Å². The summed E-state index contributed by atoms with van der Waals surface area (Å²) >= 11 is 0. The summed E-state index contributed by atoms with van der Waals surface area (Å²) in [6.45, 7) is 3.28. The number of carbonyl (C=O) groups is 1. The highest BCUT2D eigenvalue weighted by Crippen LogP contribution is 2.41. The average molecular weight is 361 g/mol. The van der Waals surface area contributed by atoms with Crippen LogP contribution in [-0.2, 0) is 19.6 Å². The van der Waals surface area contributed by atoms with E-state index < -0.39 is 26.7 Å². The van der Waals surface area contributed by atoms with E-state index >= 15 is 0 Å². The van der Waals surface area contributed by atoms with Crippen LogP contribution in [0.4, 0.5) is 10.1 Å². The Morgan fingerprint density at radius 3 is 2.44 bits per heavy atom. The molecule has 3 rings (SSSR count). The maximum Gasteiger partial charge on any atom is 0.340 e. The van der Waals surface area contributed by atoms with Crippen LogP contribution in [0.3, 0.4) is 0 Å². The van der Waals surface area contributed by atoms with E-state index in [4.69, 9.17) is 4.74 Å². The number of hydrogen-bond acceptors (Lipinski definition) is 4. The number of nitrogens with zero attached hydrogens (tertiary/aromatic N) is 1. The van der Waals surface area contributed by atoms with Crippen LogP contribution in [0.15, 0.2) is 59.1 Å². The quantitative estimate of drug-likeness (QED) is 0.787. The number of halogens is 1. The van der Waals surface area contributed by atoms with Crippen LogP contribution < -0.4 is 4.31 Å². The van der Waals surface area contributed by atoms with E-state index in [2.05, 4.69) is 0 Å². The Morgan fingerprint density at radius 1 is 1.12 bits per heavy atom. The lowest BCUT2D eigenvalue weighted by atomic mass is 10.0. The molecular formula is C18H16FNO4S. The van der Waals surface area contributed by atoms with Crippen molar-refractivity contribution in [2.45, 2.75) is 18.7 Å². The highest BCUT2D eigenvalue weighted by Gasteiger charge is 2.40. The molecule has 2 aromatic carbocycles. The van der Waals surface area contributed by atoms with Gasteiger partial charge in [0.1, 0.15) is 10.7 Å². The highest BCUT2D eigenvalue weighted by molar-refractivity contribution is 7.93. The minimum absolute atomic E-state index is 0.0168. The van der Waals surface area contributed by atoms with Crippen LogP contribution in [0.25, 0.3) is 5.57 Å². The number of anilines is 1. The van der Waals surface area contributed by atoms with Crippen LogP contribution in [0.1, 0.15) is 19.4 Å². The third kappa shape index (κ3) is 2.70. The molecule has 1 aliphatic heterocycles. The summed E-state index contributed by atoms with van der Waals surface area (Å²) < 4.78 is 46.6. The van der Waals surface area contributed by atoms with Crippen molar-refractivity contribution in [3.8, 4) is 0 Å². The van der Waals surface area contributed by atoms with Crippen LogP contribution in [0, 0.1) is 5.82 Å². The first kappa shape index (κ1) is 17.2. The van der Waals surface area contributed by atoms with Crippen LogP contribution in [0.5, 0.6) is 0 Å². The van der Waals surface area contributed by atoms with E-state index in [0.717, 1.165) is 10.4 Å². The minimum Gasteiger partial charge on any atom is -0.462 e. The van der Waals surface area contributed by atoms with Gasteiger partial charge in [0.25, 0.3) is 10.0 Å². The van der Waals surface area contributed by atoms with Crippen molar-refractivity contribution in [1.82, 2.24) is 0 Å². The molecule has 0 spiro atoms. The summed E-state index contributed by atoms with van der Waals surface area (Å²) in [6, 6.07) is 12.1. The fraction of sp³-hybridized carbons (Fsp3) is 0.167. The monoisotopic (exact) mass is 361 g/mol. The summed E-state index contributed by atoms with van der Waals surface area (Å²) in [4.78, 5) is 11.9. The fourth-order valence-electron chi connectivity index (χ4n) is 2.89. The Kier molecular flexibility index (Phi) is 4.34. The molecular weight excluding hydrogens is 345 g/mol. The van der Waals surface area contributed by atoms with Crippen molar-refractivity contribution in [2.75, 3.05) is 10.9 Å². The van der Waals surface area contributed by atoms with E-state index in [0.29, 0.717) is 5.69 Å². The largest absolute Gasteiger partial charge is 0.462 e. The Labute approximate surface area is 145 Å². The van der Waals surface area contributed by atoms with Gasteiger partial charge in [0.05, 0.1) is 17.9 Å². The second-order valence-corrected chi connectivity index (χ2v) is 7.13. The number of ether oxygens (including phenoxy) is 1. The number of rotatable bonds is 3. The first-order valence-corrected chi connectivity index (χ1v) is 9.11. The average Bonchev–Trinajstić information content (AvgIpc) is 2.55. The maximum absolute atomic E-state index is 14.4. The summed E-state index contributed by atoms with van der Waals surface area (Å²) in [5.74, 6) is -1.60. The zero-order valence-electron chi connectivity index (χ0n) is 13.7. The number of hydrogen-bond donors (Lipinski definition) is 0. The van der Waals surface area contributed by atoms with Gasteiger partial charge in [-0.25, -0.2) is 21.9 Å². The molecule has 5 nitrogen and oxygen atoms in total. The van der Waals surface area contributed by atoms with E-state index in [1.54, 1.807) is 37.3 Å².